The van der Waals surface area contributed by atoms with E-state index in [1.54, 1.807) is 0 Å². The highest BCUT2D eigenvalue weighted by atomic mass is 35.5. The summed E-state index contributed by atoms with van der Waals surface area (Å²) in [4.78, 5) is 12.1. The van der Waals surface area contributed by atoms with Crippen LogP contribution in [0.15, 0.2) is 54.6 Å². The second kappa shape index (κ2) is 5.76. The third-order valence-corrected chi connectivity index (χ3v) is 3.13. The number of hydrogen-bond acceptors (Lipinski definition) is 2. The standard InChI is InChI=1S/C15H14N2O.ClH/c18-15(16-12-7-2-1-3-8-12)14-10-11-6-4-5-9-13(11)17-14;/h1-9,14,17H,10H2,(H,16,18);1H/t14-;/m0./s1. The average molecular weight is 275 g/mol. The maximum atomic E-state index is 12.1. The molecule has 0 saturated heterocycles. The molecular weight excluding hydrogens is 260 g/mol. The fraction of sp³-hybridized carbons (Fsp3) is 0.133. The van der Waals surface area contributed by atoms with E-state index in [-0.39, 0.29) is 24.4 Å². The molecule has 0 aromatic heterocycles. The van der Waals surface area contributed by atoms with Crippen LogP contribution < -0.4 is 10.6 Å². The summed E-state index contributed by atoms with van der Waals surface area (Å²) in [6.07, 6.45) is 0.745. The first kappa shape index (κ1) is 13.4. The lowest BCUT2D eigenvalue weighted by atomic mass is 10.1. The first-order chi connectivity index (χ1) is 8.83. The molecule has 2 aromatic carbocycles. The monoisotopic (exact) mass is 274 g/mol. The van der Waals surface area contributed by atoms with Crippen LogP contribution in [-0.4, -0.2) is 11.9 Å². The normalized spacial score (nSPS) is 15.9. The quantitative estimate of drug-likeness (QED) is 0.884. The summed E-state index contributed by atoms with van der Waals surface area (Å²) in [6.45, 7) is 0. The zero-order chi connectivity index (χ0) is 12.4. The van der Waals surface area contributed by atoms with Gasteiger partial charge >= 0.3 is 0 Å². The zero-order valence-corrected chi connectivity index (χ0v) is 11.1. The molecule has 0 radical (unpaired) electrons. The molecule has 1 atom stereocenters. The zero-order valence-electron chi connectivity index (χ0n) is 10.3. The SMILES string of the molecule is Cl.O=C(Nc1ccccc1)[C@@H]1Cc2ccccc2N1. The largest absolute Gasteiger partial charge is 0.373 e. The summed E-state index contributed by atoms with van der Waals surface area (Å²) in [6, 6.07) is 17.4. The minimum Gasteiger partial charge on any atom is -0.373 e. The summed E-state index contributed by atoms with van der Waals surface area (Å²) in [5, 5.41) is 6.16. The number of fused-ring (bicyclic) bond motifs is 1. The summed E-state index contributed by atoms with van der Waals surface area (Å²) >= 11 is 0. The van der Waals surface area contributed by atoms with Gasteiger partial charge in [-0.3, -0.25) is 4.79 Å². The predicted octanol–water partition coefficient (Wildman–Crippen LogP) is 3.08. The number of benzene rings is 2. The van der Waals surface area contributed by atoms with Gasteiger partial charge in [-0.25, -0.2) is 0 Å². The molecule has 0 bridgehead atoms. The number of carbonyl (C=O) groups is 1. The van der Waals surface area contributed by atoms with E-state index in [1.165, 1.54) is 5.56 Å². The lowest BCUT2D eigenvalue weighted by Crippen LogP contribution is -2.32. The predicted molar refractivity (Wildman–Crippen MR) is 79.9 cm³/mol. The third kappa shape index (κ3) is 2.88. The highest BCUT2D eigenvalue weighted by molar-refractivity contribution is 5.98. The third-order valence-electron chi connectivity index (χ3n) is 3.13. The fourth-order valence-electron chi connectivity index (χ4n) is 2.21. The van der Waals surface area contributed by atoms with Crippen LogP contribution in [0.2, 0.25) is 0 Å². The first-order valence-electron chi connectivity index (χ1n) is 6.03. The number of halogens is 1. The summed E-state index contributed by atoms with van der Waals surface area (Å²) in [7, 11) is 0. The van der Waals surface area contributed by atoms with Gasteiger partial charge in [0, 0.05) is 17.8 Å². The van der Waals surface area contributed by atoms with Crippen molar-refractivity contribution in [2.45, 2.75) is 12.5 Å². The van der Waals surface area contributed by atoms with E-state index in [4.69, 9.17) is 0 Å². The van der Waals surface area contributed by atoms with Gasteiger partial charge in [-0.15, -0.1) is 12.4 Å². The van der Waals surface area contributed by atoms with Crippen LogP contribution in [0.3, 0.4) is 0 Å². The van der Waals surface area contributed by atoms with Gasteiger partial charge in [-0.05, 0) is 23.8 Å². The number of rotatable bonds is 2. The molecule has 0 aliphatic carbocycles. The van der Waals surface area contributed by atoms with E-state index in [1.807, 2.05) is 48.5 Å². The fourth-order valence-corrected chi connectivity index (χ4v) is 2.21. The molecule has 19 heavy (non-hydrogen) atoms. The Hall–Kier alpha value is -2.00. The minimum absolute atomic E-state index is 0. The molecule has 98 valence electrons. The number of para-hydroxylation sites is 2. The topological polar surface area (TPSA) is 41.1 Å². The Kier molecular flexibility index (Phi) is 4.07. The highest BCUT2D eigenvalue weighted by Gasteiger charge is 2.26. The van der Waals surface area contributed by atoms with Crippen LogP contribution in [0.25, 0.3) is 0 Å². The van der Waals surface area contributed by atoms with E-state index >= 15 is 0 Å². The summed E-state index contributed by atoms with van der Waals surface area (Å²) in [5.41, 5.74) is 3.09. The Morgan fingerprint density at radius 1 is 1.05 bits per heavy atom. The molecule has 2 aromatic rings. The first-order valence-corrected chi connectivity index (χ1v) is 6.03. The van der Waals surface area contributed by atoms with Gasteiger partial charge in [0.05, 0.1) is 0 Å². The molecule has 1 heterocycles. The number of hydrogen-bond donors (Lipinski definition) is 2. The van der Waals surface area contributed by atoms with E-state index < -0.39 is 0 Å². The second-order valence-corrected chi connectivity index (χ2v) is 4.41. The van der Waals surface area contributed by atoms with Crippen molar-refractivity contribution < 1.29 is 4.79 Å². The van der Waals surface area contributed by atoms with Crippen molar-refractivity contribution in [2.75, 3.05) is 10.6 Å². The molecule has 1 amide bonds. The highest BCUT2D eigenvalue weighted by Crippen LogP contribution is 2.25. The van der Waals surface area contributed by atoms with Crippen molar-refractivity contribution >= 4 is 29.7 Å². The van der Waals surface area contributed by atoms with Gasteiger partial charge in [-0.1, -0.05) is 36.4 Å². The van der Waals surface area contributed by atoms with Crippen molar-refractivity contribution in [3.05, 3.63) is 60.2 Å². The van der Waals surface area contributed by atoms with Crippen LogP contribution in [0.5, 0.6) is 0 Å². The number of carbonyl (C=O) groups excluding carboxylic acids is 1. The number of anilines is 2. The lowest BCUT2D eigenvalue weighted by molar-refractivity contribution is -0.116. The van der Waals surface area contributed by atoms with E-state index in [0.717, 1.165) is 17.8 Å². The number of nitrogens with one attached hydrogen (secondary N) is 2. The van der Waals surface area contributed by atoms with Crippen molar-refractivity contribution in [1.82, 2.24) is 0 Å². The van der Waals surface area contributed by atoms with Crippen LogP contribution in [0.4, 0.5) is 11.4 Å². The van der Waals surface area contributed by atoms with Gasteiger partial charge in [0.1, 0.15) is 6.04 Å². The Balaban J connectivity index is 0.00000133. The van der Waals surface area contributed by atoms with Crippen molar-refractivity contribution in [3.63, 3.8) is 0 Å². The summed E-state index contributed by atoms with van der Waals surface area (Å²) < 4.78 is 0. The Morgan fingerprint density at radius 2 is 1.74 bits per heavy atom. The molecule has 0 spiro atoms. The Bertz CT molecular complexity index is 546. The second-order valence-electron chi connectivity index (χ2n) is 4.41. The molecular formula is C15H15ClN2O. The smallest absolute Gasteiger partial charge is 0.247 e. The van der Waals surface area contributed by atoms with Crippen LogP contribution >= 0.6 is 12.4 Å². The Labute approximate surface area is 118 Å². The van der Waals surface area contributed by atoms with Crippen molar-refractivity contribution in [2.24, 2.45) is 0 Å². The molecule has 0 saturated carbocycles. The minimum atomic E-state index is -0.178. The van der Waals surface area contributed by atoms with Gasteiger partial charge in [0.15, 0.2) is 0 Å². The van der Waals surface area contributed by atoms with Crippen molar-refractivity contribution in [1.29, 1.82) is 0 Å². The van der Waals surface area contributed by atoms with Crippen molar-refractivity contribution in [3.8, 4) is 0 Å². The van der Waals surface area contributed by atoms with Gasteiger partial charge in [0.25, 0.3) is 0 Å². The number of amides is 1. The molecule has 3 rings (SSSR count). The molecule has 4 heteroatoms. The van der Waals surface area contributed by atoms with Gasteiger partial charge in [0.2, 0.25) is 5.91 Å². The molecule has 0 fully saturated rings. The maximum Gasteiger partial charge on any atom is 0.247 e. The molecule has 1 aliphatic heterocycles. The maximum absolute atomic E-state index is 12.1. The van der Waals surface area contributed by atoms with Crippen LogP contribution in [-0.2, 0) is 11.2 Å². The van der Waals surface area contributed by atoms with Crippen LogP contribution in [0.1, 0.15) is 5.56 Å². The van der Waals surface area contributed by atoms with Gasteiger partial charge < -0.3 is 10.6 Å². The lowest BCUT2D eigenvalue weighted by Gasteiger charge is -2.11. The van der Waals surface area contributed by atoms with Gasteiger partial charge in [-0.2, -0.15) is 0 Å². The molecule has 1 aliphatic rings. The molecule has 2 N–H and O–H groups in total. The van der Waals surface area contributed by atoms with E-state index in [9.17, 15) is 4.79 Å². The summed E-state index contributed by atoms with van der Waals surface area (Å²) in [5.74, 6) is 0.0115. The van der Waals surface area contributed by atoms with E-state index in [0.29, 0.717) is 0 Å². The molecule has 0 unspecified atom stereocenters. The van der Waals surface area contributed by atoms with E-state index in [2.05, 4.69) is 16.7 Å². The molecule has 3 nitrogen and oxygen atoms in total. The Morgan fingerprint density at radius 3 is 2.47 bits per heavy atom. The average Bonchev–Trinajstić information content (AvgIpc) is 2.84. The van der Waals surface area contributed by atoms with Crippen LogP contribution in [0, 0.1) is 0 Å².